The summed E-state index contributed by atoms with van der Waals surface area (Å²) in [5.41, 5.74) is 0. The molecule has 4 nitrogen and oxygen atoms in total. The van der Waals surface area contributed by atoms with Crippen LogP contribution in [0.5, 0.6) is 0 Å². The number of amides is 1. The molecule has 1 aromatic rings. The maximum atomic E-state index is 11.3. The molecule has 0 aliphatic carbocycles. The molecule has 0 spiro atoms. The van der Waals surface area contributed by atoms with Crippen LogP contribution in [0.2, 0.25) is 13.1 Å². The largest absolute Gasteiger partial charge is 0.480 e. The number of carbonyl (C=O) groups excluding carboxylic acids is 1. The number of aliphatic carboxylic acids is 1. The van der Waals surface area contributed by atoms with Crippen molar-refractivity contribution in [2.24, 2.45) is 0 Å². The summed E-state index contributed by atoms with van der Waals surface area (Å²) in [6.07, 6.45) is 2.13. The van der Waals surface area contributed by atoms with Crippen LogP contribution in [0, 0.1) is 0 Å². The van der Waals surface area contributed by atoms with Crippen LogP contribution in [0.15, 0.2) is 30.3 Å². The lowest BCUT2D eigenvalue weighted by atomic mass is 10.3. The highest BCUT2D eigenvalue weighted by atomic mass is 32.2. The van der Waals surface area contributed by atoms with E-state index in [0.717, 1.165) is 12.8 Å². The van der Waals surface area contributed by atoms with Crippen LogP contribution in [0.1, 0.15) is 26.7 Å². The fraction of sp³-hybridized carbons (Fsp3) is 0.529. The minimum atomic E-state index is -1.71. The maximum Gasteiger partial charge on any atom is 0.327 e. The van der Waals surface area contributed by atoms with E-state index in [1.807, 2.05) is 6.07 Å². The molecule has 0 heterocycles. The van der Waals surface area contributed by atoms with Crippen molar-refractivity contribution in [3.63, 3.8) is 0 Å². The maximum absolute atomic E-state index is 11.3. The molecule has 6 heteroatoms. The van der Waals surface area contributed by atoms with E-state index in [1.165, 1.54) is 12.1 Å². The molecule has 23 heavy (non-hydrogen) atoms. The number of nitrogens with one attached hydrogen (secondary N) is 1. The van der Waals surface area contributed by atoms with Gasteiger partial charge < -0.3 is 10.4 Å². The number of rotatable bonds is 9. The van der Waals surface area contributed by atoms with Gasteiger partial charge >= 0.3 is 5.97 Å². The first kappa shape index (κ1) is 19.8. The Bertz CT molecular complexity index is 522. The van der Waals surface area contributed by atoms with Gasteiger partial charge in [0.2, 0.25) is 5.91 Å². The van der Waals surface area contributed by atoms with Gasteiger partial charge in [0.25, 0.3) is 0 Å². The Labute approximate surface area is 144 Å². The normalized spacial score (nSPS) is 14.1. The van der Waals surface area contributed by atoms with Crippen molar-refractivity contribution in [1.82, 2.24) is 5.32 Å². The zero-order valence-electron chi connectivity index (χ0n) is 14.3. The highest BCUT2D eigenvalue weighted by molar-refractivity contribution is 8.01. The predicted octanol–water partition coefficient (Wildman–Crippen LogP) is 2.63. The first-order valence-electron chi connectivity index (χ1n) is 7.96. The van der Waals surface area contributed by atoms with E-state index in [-0.39, 0.29) is 5.91 Å². The first-order chi connectivity index (χ1) is 10.8. The molecule has 2 N–H and O–H groups in total. The second-order valence-electron chi connectivity index (χ2n) is 6.29. The van der Waals surface area contributed by atoms with E-state index in [1.54, 1.807) is 11.8 Å². The van der Waals surface area contributed by atoms with E-state index < -0.39 is 20.1 Å². The summed E-state index contributed by atoms with van der Waals surface area (Å²) in [5.74, 6) is -0.866. The summed E-state index contributed by atoms with van der Waals surface area (Å²) >= 11 is 1.69. The van der Waals surface area contributed by atoms with E-state index in [4.69, 9.17) is 0 Å². The average molecular weight is 354 g/mol. The lowest BCUT2D eigenvalue weighted by Crippen LogP contribution is -2.52. The Kier molecular flexibility index (Phi) is 7.85. The minimum Gasteiger partial charge on any atom is -0.480 e. The molecule has 0 radical (unpaired) electrons. The predicted molar refractivity (Wildman–Crippen MR) is 100.0 cm³/mol. The van der Waals surface area contributed by atoms with Crippen LogP contribution < -0.4 is 10.5 Å². The second kappa shape index (κ2) is 9.13. The summed E-state index contributed by atoms with van der Waals surface area (Å²) in [7, 11) is -1.71. The Morgan fingerprint density at radius 3 is 2.35 bits per heavy atom. The monoisotopic (exact) mass is 353 g/mol. The van der Waals surface area contributed by atoms with Gasteiger partial charge in [-0.15, -0.1) is 0 Å². The summed E-state index contributed by atoms with van der Waals surface area (Å²) in [6, 6.07) is 9.69. The fourth-order valence-electron chi connectivity index (χ4n) is 2.60. The molecule has 0 saturated heterocycles. The van der Waals surface area contributed by atoms with Crippen molar-refractivity contribution >= 4 is 36.9 Å². The number of carbonyl (C=O) groups is 2. The van der Waals surface area contributed by atoms with Crippen LogP contribution in [0.4, 0.5) is 0 Å². The van der Waals surface area contributed by atoms with E-state index >= 15 is 0 Å². The number of carboxylic acid groups (broad SMARTS) is 1. The van der Waals surface area contributed by atoms with Gasteiger partial charge in [0.05, 0.1) is 8.07 Å². The average Bonchev–Trinajstić information content (AvgIpc) is 2.50. The molecule has 2 atom stereocenters. The second-order valence-corrected chi connectivity index (χ2v) is 12.7. The van der Waals surface area contributed by atoms with Crippen molar-refractivity contribution < 1.29 is 14.7 Å². The van der Waals surface area contributed by atoms with Crippen LogP contribution in [-0.4, -0.2) is 41.7 Å². The zero-order chi connectivity index (χ0) is 17.5. The Morgan fingerprint density at radius 1 is 1.26 bits per heavy atom. The van der Waals surface area contributed by atoms with Gasteiger partial charge in [0.1, 0.15) is 6.04 Å². The number of benzene rings is 1. The number of carboxylic acids is 1. The van der Waals surface area contributed by atoms with Gasteiger partial charge in [0.15, 0.2) is 0 Å². The molecular weight excluding hydrogens is 326 g/mol. The third-order valence-electron chi connectivity index (χ3n) is 4.01. The van der Waals surface area contributed by atoms with Crippen LogP contribution in [-0.2, 0) is 9.59 Å². The van der Waals surface area contributed by atoms with Gasteiger partial charge in [-0.2, -0.15) is 11.8 Å². The van der Waals surface area contributed by atoms with Gasteiger partial charge in [-0.3, -0.25) is 4.79 Å². The molecule has 128 valence electrons. The molecule has 0 saturated carbocycles. The molecule has 1 aromatic carbocycles. The van der Waals surface area contributed by atoms with Crippen molar-refractivity contribution in [3.8, 4) is 0 Å². The van der Waals surface area contributed by atoms with E-state index in [9.17, 15) is 14.7 Å². The van der Waals surface area contributed by atoms with Gasteiger partial charge in [0, 0.05) is 17.5 Å². The molecular formula is C17H27NO3SSi. The molecule has 0 bridgehead atoms. The molecule has 1 amide bonds. The quantitative estimate of drug-likeness (QED) is 0.670. The summed E-state index contributed by atoms with van der Waals surface area (Å²) in [5, 5.41) is 13.2. The van der Waals surface area contributed by atoms with E-state index in [0.29, 0.717) is 10.6 Å². The summed E-state index contributed by atoms with van der Waals surface area (Å²) < 4.78 is 0. The molecule has 0 aliphatic heterocycles. The van der Waals surface area contributed by atoms with Crippen molar-refractivity contribution in [3.05, 3.63) is 30.3 Å². The summed E-state index contributed by atoms with van der Waals surface area (Å²) in [6.45, 7) is 8.19. The van der Waals surface area contributed by atoms with Crippen LogP contribution >= 0.6 is 11.8 Å². The Hall–Kier alpha value is -1.27. The lowest BCUT2D eigenvalue weighted by Gasteiger charge is -2.33. The van der Waals surface area contributed by atoms with Crippen molar-refractivity contribution in [1.29, 1.82) is 0 Å². The topological polar surface area (TPSA) is 66.4 Å². The van der Waals surface area contributed by atoms with Gasteiger partial charge in [-0.25, -0.2) is 4.79 Å². The molecule has 2 unspecified atom stereocenters. The van der Waals surface area contributed by atoms with Crippen LogP contribution in [0.25, 0.3) is 0 Å². The fourth-order valence-corrected chi connectivity index (χ4v) is 8.45. The molecule has 0 aliphatic rings. The highest BCUT2D eigenvalue weighted by Crippen LogP contribution is 2.27. The number of hydrogen-bond donors (Lipinski definition) is 2. The molecule has 1 rings (SSSR count). The third-order valence-corrected chi connectivity index (χ3v) is 11.2. The van der Waals surface area contributed by atoms with Crippen molar-refractivity contribution in [2.75, 3.05) is 5.75 Å². The zero-order valence-corrected chi connectivity index (χ0v) is 16.2. The third kappa shape index (κ3) is 6.03. The SMILES string of the molecule is CCCC(SCC(NC(C)=O)C(=O)O)[Si](C)(C)c1ccccc1. The van der Waals surface area contributed by atoms with Crippen LogP contribution in [0.3, 0.4) is 0 Å². The van der Waals surface area contributed by atoms with Gasteiger partial charge in [-0.05, 0) is 6.42 Å². The standard InChI is InChI=1S/C17H27NO3SSi/c1-5-9-16(22-12-15(17(20)21)18-13(2)19)23(3,4)14-10-7-6-8-11-14/h6-8,10-11,15-16H,5,9,12H2,1-4H3,(H,18,19)(H,20,21). The lowest BCUT2D eigenvalue weighted by molar-refractivity contribution is -0.140. The number of hydrogen-bond acceptors (Lipinski definition) is 3. The van der Waals surface area contributed by atoms with Crippen molar-refractivity contribution in [2.45, 2.75) is 50.7 Å². The Morgan fingerprint density at radius 2 is 1.87 bits per heavy atom. The van der Waals surface area contributed by atoms with E-state index in [2.05, 4.69) is 49.6 Å². The molecule has 0 fully saturated rings. The summed E-state index contributed by atoms with van der Waals surface area (Å²) in [4.78, 5) is 22.9. The smallest absolute Gasteiger partial charge is 0.327 e. The first-order valence-corrected chi connectivity index (χ1v) is 12.1. The van der Waals surface area contributed by atoms with Gasteiger partial charge in [-0.1, -0.05) is 62.0 Å². The highest BCUT2D eigenvalue weighted by Gasteiger charge is 2.34. The Balaban J connectivity index is 2.85. The minimum absolute atomic E-state index is 0.301. The number of thioether (sulfide) groups is 1. The molecule has 0 aromatic heterocycles.